The van der Waals surface area contributed by atoms with Gasteiger partial charge in [0.15, 0.2) is 0 Å². The first-order valence-electron chi connectivity index (χ1n) is 3.79. The number of anilines is 1. The number of halogens is 1. The number of benzene rings is 1. The first kappa shape index (κ1) is 9.14. The van der Waals surface area contributed by atoms with E-state index in [9.17, 15) is 0 Å². The standard InChI is InChI=1S/C10H12ClN/c1-4-8-5-7(2)6-9(11)10(8)12-3/h4-6,12H,1H2,2-3H3. The molecule has 0 saturated heterocycles. The van der Waals surface area contributed by atoms with Gasteiger partial charge in [0.25, 0.3) is 0 Å². The Bertz CT molecular complexity index is 305. The molecule has 0 aliphatic carbocycles. The molecule has 0 saturated carbocycles. The van der Waals surface area contributed by atoms with Crippen LogP contribution in [0, 0.1) is 6.92 Å². The van der Waals surface area contributed by atoms with Crippen molar-refractivity contribution in [1.29, 1.82) is 0 Å². The van der Waals surface area contributed by atoms with Crippen molar-refractivity contribution in [3.8, 4) is 0 Å². The fraction of sp³-hybridized carbons (Fsp3) is 0.200. The van der Waals surface area contributed by atoms with Crippen LogP contribution in [0.15, 0.2) is 18.7 Å². The Hall–Kier alpha value is -0.950. The third-order valence-corrected chi connectivity index (χ3v) is 2.03. The van der Waals surface area contributed by atoms with Gasteiger partial charge in [-0.3, -0.25) is 0 Å². The summed E-state index contributed by atoms with van der Waals surface area (Å²) in [7, 11) is 1.85. The van der Waals surface area contributed by atoms with Crippen LogP contribution < -0.4 is 5.32 Å². The Morgan fingerprint density at radius 2 is 2.17 bits per heavy atom. The summed E-state index contributed by atoms with van der Waals surface area (Å²) in [4.78, 5) is 0. The smallest absolute Gasteiger partial charge is 0.0646 e. The molecule has 0 aliphatic heterocycles. The Morgan fingerprint density at radius 1 is 1.50 bits per heavy atom. The second-order valence-electron chi connectivity index (χ2n) is 2.67. The van der Waals surface area contributed by atoms with E-state index >= 15 is 0 Å². The Labute approximate surface area is 78.1 Å². The van der Waals surface area contributed by atoms with E-state index < -0.39 is 0 Å². The van der Waals surface area contributed by atoms with E-state index in [1.807, 2.05) is 26.1 Å². The molecule has 0 bridgehead atoms. The minimum Gasteiger partial charge on any atom is -0.386 e. The summed E-state index contributed by atoms with van der Waals surface area (Å²) in [5.74, 6) is 0. The SMILES string of the molecule is C=Cc1cc(C)cc(Cl)c1NC. The Morgan fingerprint density at radius 3 is 2.67 bits per heavy atom. The molecule has 1 nitrogen and oxygen atoms in total. The molecule has 2 heteroatoms. The van der Waals surface area contributed by atoms with Crippen LogP contribution in [0.2, 0.25) is 5.02 Å². The van der Waals surface area contributed by atoms with E-state index in [0.29, 0.717) is 0 Å². The average Bonchev–Trinajstić information content (AvgIpc) is 2.03. The maximum atomic E-state index is 6.00. The predicted molar refractivity (Wildman–Crippen MR) is 55.8 cm³/mol. The highest BCUT2D eigenvalue weighted by Gasteiger charge is 2.02. The molecular formula is C10H12ClN. The van der Waals surface area contributed by atoms with E-state index in [4.69, 9.17) is 11.6 Å². The highest BCUT2D eigenvalue weighted by atomic mass is 35.5. The topological polar surface area (TPSA) is 12.0 Å². The molecule has 64 valence electrons. The van der Waals surface area contributed by atoms with Crippen LogP contribution in [0.3, 0.4) is 0 Å². The summed E-state index contributed by atoms with van der Waals surface area (Å²) in [6.07, 6.45) is 1.80. The first-order valence-corrected chi connectivity index (χ1v) is 4.17. The summed E-state index contributed by atoms with van der Waals surface area (Å²) in [6.45, 7) is 5.74. The number of hydrogen-bond acceptors (Lipinski definition) is 1. The second-order valence-corrected chi connectivity index (χ2v) is 3.07. The lowest BCUT2D eigenvalue weighted by Crippen LogP contribution is -1.93. The molecule has 0 heterocycles. The molecule has 0 aliphatic rings. The zero-order chi connectivity index (χ0) is 9.14. The fourth-order valence-corrected chi connectivity index (χ4v) is 1.57. The van der Waals surface area contributed by atoms with Gasteiger partial charge in [0.2, 0.25) is 0 Å². The first-order chi connectivity index (χ1) is 5.69. The van der Waals surface area contributed by atoms with E-state index in [1.54, 1.807) is 6.08 Å². The molecule has 0 unspecified atom stereocenters. The molecule has 0 amide bonds. The second kappa shape index (κ2) is 3.63. The van der Waals surface area contributed by atoms with Gasteiger partial charge in [-0.05, 0) is 30.2 Å². The fourth-order valence-electron chi connectivity index (χ4n) is 1.19. The Kier molecular flexibility index (Phi) is 2.77. The van der Waals surface area contributed by atoms with E-state index in [2.05, 4.69) is 11.9 Å². The summed E-state index contributed by atoms with van der Waals surface area (Å²) < 4.78 is 0. The average molecular weight is 182 g/mol. The lowest BCUT2D eigenvalue weighted by atomic mass is 10.1. The predicted octanol–water partition coefficient (Wildman–Crippen LogP) is 3.33. The monoisotopic (exact) mass is 181 g/mol. The summed E-state index contributed by atoms with van der Waals surface area (Å²) >= 11 is 6.00. The van der Waals surface area contributed by atoms with Crippen LogP contribution in [0.4, 0.5) is 5.69 Å². The molecule has 0 aromatic heterocycles. The van der Waals surface area contributed by atoms with Crippen molar-refractivity contribution in [1.82, 2.24) is 0 Å². The molecule has 1 aromatic rings. The number of nitrogens with one attached hydrogen (secondary N) is 1. The summed E-state index contributed by atoms with van der Waals surface area (Å²) in [5.41, 5.74) is 3.13. The minimum absolute atomic E-state index is 0.743. The Balaban J connectivity index is 3.33. The van der Waals surface area contributed by atoms with Gasteiger partial charge in [-0.2, -0.15) is 0 Å². The van der Waals surface area contributed by atoms with E-state index in [0.717, 1.165) is 21.8 Å². The molecule has 1 N–H and O–H groups in total. The summed E-state index contributed by atoms with van der Waals surface area (Å²) in [6, 6.07) is 3.98. The lowest BCUT2D eigenvalue weighted by molar-refractivity contribution is 1.42. The highest BCUT2D eigenvalue weighted by molar-refractivity contribution is 6.33. The van der Waals surface area contributed by atoms with Crippen molar-refractivity contribution in [3.63, 3.8) is 0 Å². The molecule has 1 aromatic carbocycles. The maximum absolute atomic E-state index is 6.00. The molecule has 0 atom stereocenters. The van der Waals surface area contributed by atoms with Gasteiger partial charge in [0, 0.05) is 7.05 Å². The van der Waals surface area contributed by atoms with Gasteiger partial charge in [0.1, 0.15) is 0 Å². The zero-order valence-corrected chi connectivity index (χ0v) is 8.07. The van der Waals surface area contributed by atoms with Crippen molar-refractivity contribution < 1.29 is 0 Å². The van der Waals surface area contributed by atoms with E-state index in [-0.39, 0.29) is 0 Å². The number of aryl methyl sites for hydroxylation is 1. The lowest BCUT2D eigenvalue weighted by Gasteiger charge is -2.08. The molecule has 12 heavy (non-hydrogen) atoms. The van der Waals surface area contributed by atoms with Crippen LogP contribution in [0.5, 0.6) is 0 Å². The van der Waals surface area contributed by atoms with Crippen LogP contribution in [-0.2, 0) is 0 Å². The van der Waals surface area contributed by atoms with Crippen LogP contribution in [-0.4, -0.2) is 7.05 Å². The van der Waals surface area contributed by atoms with Crippen molar-refractivity contribution >= 4 is 23.4 Å². The maximum Gasteiger partial charge on any atom is 0.0646 e. The normalized spacial score (nSPS) is 9.58. The van der Waals surface area contributed by atoms with Gasteiger partial charge in [-0.1, -0.05) is 24.3 Å². The molecule has 0 radical (unpaired) electrons. The van der Waals surface area contributed by atoms with Crippen LogP contribution in [0.1, 0.15) is 11.1 Å². The van der Waals surface area contributed by atoms with Gasteiger partial charge >= 0.3 is 0 Å². The number of rotatable bonds is 2. The third kappa shape index (κ3) is 1.62. The molecule has 0 fully saturated rings. The van der Waals surface area contributed by atoms with Gasteiger partial charge in [0.05, 0.1) is 10.7 Å². The van der Waals surface area contributed by atoms with Crippen LogP contribution in [0.25, 0.3) is 6.08 Å². The van der Waals surface area contributed by atoms with Crippen molar-refractivity contribution in [2.24, 2.45) is 0 Å². The van der Waals surface area contributed by atoms with Gasteiger partial charge in [-0.15, -0.1) is 0 Å². The number of hydrogen-bond donors (Lipinski definition) is 1. The van der Waals surface area contributed by atoms with Crippen molar-refractivity contribution in [2.45, 2.75) is 6.92 Å². The zero-order valence-electron chi connectivity index (χ0n) is 7.32. The highest BCUT2D eigenvalue weighted by Crippen LogP contribution is 2.27. The molecular weight excluding hydrogens is 170 g/mol. The minimum atomic E-state index is 0.743. The molecule has 0 spiro atoms. The van der Waals surface area contributed by atoms with Crippen molar-refractivity contribution in [2.75, 3.05) is 12.4 Å². The van der Waals surface area contributed by atoms with Crippen molar-refractivity contribution in [3.05, 3.63) is 34.9 Å². The quantitative estimate of drug-likeness (QED) is 0.738. The largest absolute Gasteiger partial charge is 0.386 e. The molecule has 1 rings (SSSR count). The van der Waals surface area contributed by atoms with Crippen LogP contribution >= 0.6 is 11.6 Å². The summed E-state index contributed by atoms with van der Waals surface area (Å²) in [5, 5.41) is 3.78. The van der Waals surface area contributed by atoms with E-state index in [1.165, 1.54) is 0 Å². The van der Waals surface area contributed by atoms with Gasteiger partial charge in [-0.25, -0.2) is 0 Å². The third-order valence-electron chi connectivity index (χ3n) is 1.73. The van der Waals surface area contributed by atoms with Gasteiger partial charge < -0.3 is 5.32 Å².